The lowest BCUT2D eigenvalue weighted by Crippen LogP contribution is -2.55. The average Bonchev–Trinajstić information content (AvgIpc) is 3.47. The zero-order valence-corrected chi connectivity index (χ0v) is 23.9. The summed E-state index contributed by atoms with van der Waals surface area (Å²) >= 11 is 0. The van der Waals surface area contributed by atoms with E-state index in [9.17, 15) is 27.9 Å². The number of nitrogens with zero attached hydrogens (tertiary/aromatic N) is 4. The third-order valence-electron chi connectivity index (χ3n) is 8.71. The van der Waals surface area contributed by atoms with Crippen LogP contribution in [0.1, 0.15) is 61.6 Å². The molecule has 1 unspecified atom stereocenters. The van der Waals surface area contributed by atoms with Crippen LogP contribution in [0.3, 0.4) is 0 Å². The first-order valence-corrected chi connectivity index (χ1v) is 14.1. The first kappa shape index (κ1) is 29.8. The minimum atomic E-state index is -4.72. The van der Waals surface area contributed by atoms with Gasteiger partial charge in [-0.1, -0.05) is 32.0 Å². The summed E-state index contributed by atoms with van der Waals surface area (Å²) < 4.78 is 59.3. The van der Waals surface area contributed by atoms with E-state index in [-0.39, 0.29) is 35.6 Å². The summed E-state index contributed by atoms with van der Waals surface area (Å²) in [6, 6.07) is 11.5. The molecule has 13 heteroatoms. The van der Waals surface area contributed by atoms with Gasteiger partial charge in [0.1, 0.15) is 5.82 Å². The molecule has 4 heterocycles. The molecule has 2 aliphatic rings. The van der Waals surface area contributed by atoms with Gasteiger partial charge in [0, 0.05) is 54.2 Å². The van der Waals surface area contributed by atoms with E-state index in [1.54, 1.807) is 42.5 Å². The van der Waals surface area contributed by atoms with Crippen molar-refractivity contribution in [2.24, 2.45) is 5.41 Å². The lowest BCUT2D eigenvalue weighted by molar-refractivity contribution is -0.157. The van der Waals surface area contributed by atoms with Gasteiger partial charge in [0.25, 0.3) is 0 Å². The number of likely N-dealkylation sites (tertiary alicyclic amines) is 1. The molecule has 2 amide bonds. The highest BCUT2D eigenvalue weighted by molar-refractivity contribution is 6.01. The van der Waals surface area contributed by atoms with Gasteiger partial charge < -0.3 is 9.52 Å². The second-order valence-electron chi connectivity index (χ2n) is 12.1. The Morgan fingerprint density at radius 3 is 2.52 bits per heavy atom. The van der Waals surface area contributed by atoms with Crippen LogP contribution in [0.2, 0.25) is 0 Å². The Kier molecular flexibility index (Phi) is 7.28. The SMILES string of the molecule is CC1(C)CN(Cc2ccc(-c3nnc(C(F)(F)F)o3)cc2)CC[C@]1(O)c1ccc2ncc(C3CCC(=O)NC3=O)cc2c1F. The quantitative estimate of drug-likeness (QED) is 0.237. The van der Waals surface area contributed by atoms with Crippen molar-refractivity contribution in [3.63, 3.8) is 0 Å². The number of imide groups is 1. The molecule has 9 nitrogen and oxygen atoms in total. The molecular formula is C31H29F4N5O4. The summed E-state index contributed by atoms with van der Waals surface area (Å²) in [7, 11) is 0. The van der Waals surface area contributed by atoms with E-state index < -0.39 is 40.7 Å². The summed E-state index contributed by atoms with van der Waals surface area (Å²) in [5.74, 6) is -3.63. The van der Waals surface area contributed by atoms with E-state index in [4.69, 9.17) is 4.42 Å². The molecule has 0 aliphatic carbocycles. The standard InChI is InChI=1S/C31H29F4N5O4/c1-29(2)16-40(15-17-3-5-18(6-4-17)27-38-39-28(44-27)31(33,34)35)12-11-30(29,43)22-8-9-23-21(25(22)32)13-19(14-36-23)20-7-10-24(41)37-26(20)42/h3-6,8-9,13-14,20,43H,7,10-12,15-16H2,1-2H3,(H,37,41,42)/t20?,30-/m0/s1. The number of fused-ring (bicyclic) bond motifs is 1. The number of aliphatic hydroxyl groups is 1. The van der Waals surface area contributed by atoms with Gasteiger partial charge in [-0.05, 0) is 48.2 Å². The summed E-state index contributed by atoms with van der Waals surface area (Å²) in [6.07, 6.45) is -2.47. The van der Waals surface area contributed by atoms with Crippen molar-refractivity contribution in [2.75, 3.05) is 13.1 Å². The highest BCUT2D eigenvalue weighted by Gasteiger charge is 2.50. The van der Waals surface area contributed by atoms with Crippen LogP contribution < -0.4 is 5.32 Å². The Labute approximate surface area is 249 Å². The second-order valence-corrected chi connectivity index (χ2v) is 12.1. The van der Waals surface area contributed by atoms with Crippen molar-refractivity contribution in [1.82, 2.24) is 25.4 Å². The van der Waals surface area contributed by atoms with E-state index in [2.05, 4.69) is 25.4 Å². The monoisotopic (exact) mass is 611 g/mol. The molecule has 0 radical (unpaired) electrons. The van der Waals surface area contributed by atoms with Crippen molar-refractivity contribution in [2.45, 2.75) is 57.3 Å². The largest absolute Gasteiger partial charge is 0.470 e. The molecule has 6 rings (SSSR count). The number of hydrogen-bond acceptors (Lipinski definition) is 8. The number of amides is 2. The summed E-state index contributed by atoms with van der Waals surface area (Å²) in [5, 5.41) is 21.1. The van der Waals surface area contributed by atoms with Gasteiger partial charge in [0.2, 0.25) is 17.7 Å². The van der Waals surface area contributed by atoms with Gasteiger partial charge in [-0.15, -0.1) is 10.2 Å². The van der Waals surface area contributed by atoms with Crippen LogP contribution >= 0.6 is 0 Å². The van der Waals surface area contributed by atoms with Crippen molar-refractivity contribution in [3.8, 4) is 11.5 Å². The molecule has 2 saturated heterocycles. The number of pyridine rings is 1. The second kappa shape index (κ2) is 10.7. The minimum absolute atomic E-state index is 0.152. The maximum atomic E-state index is 16.2. The third kappa shape index (κ3) is 5.34. The Morgan fingerprint density at radius 1 is 1.11 bits per heavy atom. The third-order valence-corrected chi connectivity index (χ3v) is 8.71. The number of halogens is 4. The Bertz CT molecular complexity index is 1750. The van der Waals surface area contributed by atoms with Crippen molar-refractivity contribution in [3.05, 3.63) is 77.1 Å². The lowest BCUT2D eigenvalue weighted by atomic mass is 9.66. The minimum Gasteiger partial charge on any atom is -0.413 e. The molecule has 2 fully saturated rings. The van der Waals surface area contributed by atoms with Crippen LogP contribution in [0.25, 0.3) is 22.4 Å². The van der Waals surface area contributed by atoms with E-state index in [0.29, 0.717) is 42.7 Å². The van der Waals surface area contributed by atoms with E-state index in [1.165, 1.54) is 6.20 Å². The van der Waals surface area contributed by atoms with Crippen molar-refractivity contribution in [1.29, 1.82) is 0 Å². The van der Waals surface area contributed by atoms with Crippen LogP contribution in [-0.4, -0.2) is 50.1 Å². The Morgan fingerprint density at radius 2 is 1.86 bits per heavy atom. The average molecular weight is 612 g/mol. The van der Waals surface area contributed by atoms with Crippen LogP contribution in [0, 0.1) is 11.2 Å². The number of carbonyl (C=O) groups is 2. The molecule has 2 aromatic carbocycles. The Balaban J connectivity index is 1.20. The number of aromatic nitrogens is 3. The molecule has 0 spiro atoms. The molecule has 0 saturated carbocycles. The highest BCUT2D eigenvalue weighted by Crippen LogP contribution is 2.48. The highest BCUT2D eigenvalue weighted by atomic mass is 19.4. The fourth-order valence-electron chi connectivity index (χ4n) is 6.23. The summed E-state index contributed by atoms with van der Waals surface area (Å²) in [6.45, 7) is 5.12. The normalized spacial score (nSPS) is 22.8. The van der Waals surface area contributed by atoms with Crippen molar-refractivity contribution < 1.29 is 36.7 Å². The molecule has 0 bridgehead atoms. The van der Waals surface area contributed by atoms with Gasteiger partial charge in [-0.25, -0.2) is 4.39 Å². The number of nitrogens with one attached hydrogen (secondary N) is 1. The number of rotatable bonds is 5. The molecule has 2 N–H and O–H groups in total. The Hall–Kier alpha value is -4.23. The molecule has 4 aromatic rings. The summed E-state index contributed by atoms with van der Waals surface area (Å²) in [4.78, 5) is 30.5. The summed E-state index contributed by atoms with van der Waals surface area (Å²) in [5.41, 5.74) is -0.0119. The van der Waals surface area contributed by atoms with Gasteiger partial charge in [0.05, 0.1) is 17.0 Å². The van der Waals surface area contributed by atoms with Crippen molar-refractivity contribution >= 4 is 22.7 Å². The fourth-order valence-corrected chi connectivity index (χ4v) is 6.23. The zero-order chi connectivity index (χ0) is 31.4. The smallest absolute Gasteiger partial charge is 0.413 e. The fraction of sp³-hybridized carbons (Fsp3) is 0.387. The first-order chi connectivity index (χ1) is 20.7. The van der Waals surface area contributed by atoms with E-state index >= 15 is 4.39 Å². The molecule has 230 valence electrons. The number of hydrogen-bond donors (Lipinski definition) is 2. The van der Waals surface area contributed by atoms with Crippen LogP contribution in [0.4, 0.5) is 17.6 Å². The first-order valence-electron chi connectivity index (χ1n) is 14.1. The molecule has 2 aromatic heterocycles. The number of alkyl halides is 3. The van der Waals surface area contributed by atoms with Crippen LogP contribution in [-0.2, 0) is 27.9 Å². The molecule has 2 aliphatic heterocycles. The van der Waals surface area contributed by atoms with Gasteiger partial charge in [-0.2, -0.15) is 13.2 Å². The van der Waals surface area contributed by atoms with Crippen LogP contribution in [0.5, 0.6) is 0 Å². The topological polar surface area (TPSA) is 121 Å². The van der Waals surface area contributed by atoms with Gasteiger partial charge in [0.15, 0.2) is 0 Å². The number of piperidine rings is 2. The van der Waals surface area contributed by atoms with E-state index in [1.807, 2.05) is 13.8 Å². The van der Waals surface area contributed by atoms with Gasteiger partial charge in [-0.3, -0.25) is 24.8 Å². The zero-order valence-electron chi connectivity index (χ0n) is 23.9. The van der Waals surface area contributed by atoms with Crippen LogP contribution in [0.15, 0.2) is 53.1 Å². The van der Waals surface area contributed by atoms with E-state index in [0.717, 1.165) is 5.56 Å². The lowest BCUT2D eigenvalue weighted by Gasteiger charge is -2.50. The number of benzene rings is 2. The molecular weight excluding hydrogens is 582 g/mol. The maximum Gasteiger partial charge on any atom is 0.470 e. The molecule has 2 atom stereocenters. The van der Waals surface area contributed by atoms with Gasteiger partial charge >= 0.3 is 12.1 Å². The number of carbonyl (C=O) groups excluding carboxylic acids is 2. The predicted molar refractivity (Wildman–Crippen MR) is 149 cm³/mol. The maximum absolute atomic E-state index is 16.2. The molecule has 44 heavy (non-hydrogen) atoms. The predicted octanol–water partition coefficient (Wildman–Crippen LogP) is 5.08.